The Morgan fingerprint density at radius 1 is 1.23 bits per heavy atom. The topological polar surface area (TPSA) is 87.1 Å². The van der Waals surface area contributed by atoms with E-state index in [1.165, 1.54) is 0 Å². The molecule has 2 aromatic rings. The fourth-order valence-electron chi connectivity index (χ4n) is 1.99. The van der Waals surface area contributed by atoms with Crippen molar-refractivity contribution in [2.75, 3.05) is 12.4 Å². The number of benzene rings is 2. The predicted molar refractivity (Wildman–Crippen MR) is 84.7 cm³/mol. The van der Waals surface area contributed by atoms with E-state index in [4.69, 9.17) is 10.3 Å². The molecule has 6 heteroatoms. The van der Waals surface area contributed by atoms with Crippen LogP contribution in [0.2, 0.25) is 0 Å². The lowest BCUT2D eigenvalue weighted by molar-refractivity contribution is -0.117. The summed E-state index contributed by atoms with van der Waals surface area (Å²) < 4.78 is 5.06. The lowest BCUT2D eigenvalue weighted by Gasteiger charge is -2.12. The molecule has 1 N–H and O–H groups in total. The van der Waals surface area contributed by atoms with Gasteiger partial charge in [0, 0.05) is 10.6 Å². The molecular weight excluding hydrogens is 280 g/mol. The van der Waals surface area contributed by atoms with Crippen LogP contribution < -0.4 is 10.1 Å². The molecule has 0 aromatic heterocycles. The van der Waals surface area contributed by atoms with Crippen molar-refractivity contribution in [2.45, 2.75) is 12.5 Å². The lowest BCUT2D eigenvalue weighted by atomic mass is 10.1. The van der Waals surface area contributed by atoms with Crippen LogP contribution in [0.3, 0.4) is 0 Å². The first kappa shape index (κ1) is 15.4. The second kappa shape index (κ2) is 7.71. The number of hydrogen-bond donors (Lipinski definition) is 1. The van der Waals surface area contributed by atoms with Gasteiger partial charge in [0.05, 0.1) is 7.11 Å². The highest BCUT2D eigenvalue weighted by atomic mass is 16.5. The quantitative estimate of drug-likeness (QED) is 0.502. The summed E-state index contributed by atoms with van der Waals surface area (Å²) in [4.78, 5) is 15.0. The van der Waals surface area contributed by atoms with Crippen LogP contribution in [-0.2, 0) is 11.2 Å². The molecule has 2 aromatic carbocycles. The smallest absolute Gasteiger partial charge is 0.233 e. The fourth-order valence-corrected chi connectivity index (χ4v) is 1.99. The average molecular weight is 296 g/mol. The molecule has 0 saturated heterocycles. The summed E-state index contributed by atoms with van der Waals surface area (Å²) in [6, 6.07) is 15.6. The van der Waals surface area contributed by atoms with Gasteiger partial charge in [-0.05, 0) is 41.8 Å². The predicted octanol–water partition coefficient (Wildman–Crippen LogP) is 3.56. The maximum atomic E-state index is 12.3. The van der Waals surface area contributed by atoms with Gasteiger partial charge in [-0.1, -0.05) is 35.4 Å². The van der Waals surface area contributed by atoms with Crippen molar-refractivity contribution in [1.29, 1.82) is 0 Å². The largest absolute Gasteiger partial charge is 0.497 e. The van der Waals surface area contributed by atoms with Gasteiger partial charge in [0.1, 0.15) is 11.8 Å². The van der Waals surface area contributed by atoms with Gasteiger partial charge in [-0.3, -0.25) is 4.79 Å². The third-order valence-electron chi connectivity index (χ3n) is 3.12. The Balaban J connectivity index is 2.07. The van der Waals surface area contributed by atoms with Crippen LogP contribution in [0.4, 0.5) is 5.69 Å². The van der Waals surface area contributed by atoms with Crippen molar-refractivity contribution in [2.24, 2.45) is 5.11 Å². The number of anilines is 1. The molecule has 0 saturated carbocycles. The highest BCUT2D eigenvalue weighted by Crippen LogP contribution is 2.16. The normalized spacial score (nSPS) is 11.1. The number of carbonyl (C=O) groups is 1. The Bertz CT molecular complexity index is 664. The van der Waals surface area contributed by atoms with Gasteiger partial charge in [-0.25, -0.2) is 0 Å². The van der Waals surface area contributed by atoms with Crippen molar-refractivity contribution in [3.8, 4) is 5.75 Å². The number of ether oxygens (including phenoxy) is 1. The monoisotopic (exact) mass is 296 g/mol. The second-order valence-electron chi connectivity index (χ2n) is 4.63. The fraction of sp³-hybridized carbons (Fsp3) is 0.188. The Morgan fingerprint density at radius 3 is 2.50 bits per heavy atom. The number of hydrogen-bond acceptors (Lipinski definition) is 3. The van der Waals surface area contributed by atoms with Gasteiger partial charge >= 0.3 is 0 Å². The molecule has 1 amide bonds. The molecule has 0 unspecified atom stereocenters. The first-order chi connectivity index (χ1) is 10.7. The standard InChI is InChI=1S/C16H16N4O2/c1-22-14-9-7-13(8-10-14)18-16(21)15(19-20-17)11-12-5-3-2-4-6-12/h2-10,15H,11H2,1H3,(H,18,21)/t15-/m0/s1. The van der Waals surface area contributed by atoms with Crippen LogP contribution in [0.15, 0.2) is 59.7 Å². The van der Waals surface area contributed by atoms with Gasteiger partial charge in [0.2, 0.25) is 5.91 Å². The van der Waals surface area contributed by atoms with E-state index in [0.717, 1.165) is 5.56 Å². The summed E-state index contributed by atoms with van der Waals surface area (Å²) in [5.41, 5.74) is 10.2. The molecule has 0 fully saturated rings. The minimum absolute atomic E-state index is 0.341. The lowest BCUT2D eigenvalue weighted by Crippen LogP contribution is -2.27. The Kier molecular flexibility index (Phi) is 5.40. The average Bonchev–Trinajstić information content (AvgIpc) is 2.56. The number of rotatable bonds is 6. The van der Waals surface area contributed by atoms with E-state index in [2.05, 4.69) is 15.3 Å². The molecule has 0 aliphatic carbocycles. The van der Waals surface area contributed by atoms with Gasteiger partial charge < -0.3 is 10.1 Å². The molecule has 22 heavy (non-hydrogen) atoms. The molecule has 1 atom stereocenters. The molecule has 0 radical (unpaired) electrons. The summed E-state index contributed by atoms with van der Waals surface area (Å²) in [5.74, 6) is 0.362. The van der Waals surface area contributed by atoms with E-state index < -0.39 is 6.04 Å². The van der Waals surface area contributed by atoms with Crippen molar-refractivity contribution in [1.82, 2.24) is 0 Å². The zero-order valence-corrected chi connectivity index (χ0v) is 12.1. The third-order valence-corrected chi connectivity index (χ3v) is 3.12. The summed E-state index contributed by atoms with van der Waals surface area (Å²) >= 11 is 0. The van der Waals surface area contributed by atoms with E-state index in [-0.39, 0.29) is 5.91 Å². The SMILES string of the molecule is COc1ccc(NC(=O)[C@H](Cc2ccccc2)N=[N+]=[N-])cc1. The van der Waals surface area contributed by atoms with Crippen molar-refractivity contribution in [3.63, 3.8) is 0 Å². The van der Waals surface area contributed by atoms with Crippen LogP contribution in [0.1, 0.15) is 5.56 Å². The summed E-state index contributed by atoms with van der Waals surface area (Å²) in [6.07, 6.45) is 0.354. The third kappa shape index (κ3) is 4.26. The number of azide groups is 1. The highest BCUT2D eigenvalue weighted by Gasteiger charge is 2.17. The van der Waals surface area contributed by atoms with E-state index in [0.29, 0.717) is 17.9 Å². The minimum atomic E-state index is -0.797. The first-order valence-corrected chi connectivity index (χ1v) is 6.76. The first-order valence-electron chi connectivity index (χ1n) is 6.76. The van der Waals surface area contributed by atoms with Crippen LogP contribution in [0.5, 0.6) is 5.75 Å². The summed E-state index contributed by atoms with van der Waals surface area (Å²) in [6.45, 7) is 0. The second-order valence-corrected chi connectivity index (χ2v) is 4.63. The van der Waals surface area contributed by atoms with Crippen LogP contribution >= 0.6 is 0 Å². The molecule has 2 rings (SSSR count). The Hall–Kier alpha value is -2.98. The van der Waals surface area contributed by atoms with Crippen molar-refractivity contribution < 1.29 is 9.53 Å². The number of nitrogens with zero attached hydrogens (tertiary/aromatic N) is 3. The number of methoxy groups -OCH3 is 1. The van der Waals surface area contributed by atoms with E-state index in [9.17, 15) is 4.79 Å². The highest BCUT2D eigenvalue weighted by molar-refractivity contribution is 5.95. The molecular formula is C16H16N4O2. The maximum Gasteiger partial charge on any atom is 0.233 e. The molecule has 0 heterocycles. The number of amides is 1. The summed E-state index contributed by atoms with van der Waals surface area (Å²) in [5, 5.41) is 6.33. The van der Waals surface area contributed by atoms with Gasteiger partial charge in [0.25, 0.3) is 0 Å². The number of nitrogens with one attached hydrogen (secondary N) is 1. The molecule has 112 valence electrons. The van der Waals surface area contributed by atoms with Gasteiger partial charge in [0.15, 0.2) is 0 Å². The van der Waals surface area contributed by atoms with E-state index >= 15 is 0 Å². The zero-order valence-electron chi connectivity index (χ0n) is 12.1. The Labute approximate surface area is 128 Å². The van der Waals surface area contributed by atoms with Crippen molar-refractivity contribution in [3.05, 3.63) is 70.6 Å². The van der Waals surface area contributed by atoms with E-state index in [1.54, 1.807) is 31.4 Å². The molecule has 0 aliphatic rings. The molecule has 0 bridgehead atoms. The van der Waals surface area contributed by atoms with Crippen LogP contribution in [0, 0.1) is 0 Å². The van der Waals surface area contributed by atoms with Crippen LogP contribution in [0.25, 0.3) is 10.4 Å². The minimum Gasteiger partial charge on any atom is -0.497 e. The van der Waals surface area contributed by atoms with Gasteiger partial charge in [-0.15, -0.1) is 0 Å². The maximum absolute atomic E-state index is 12.3. The molecule has 6 nitrogen and oxygen atoms in total. The number of carbonyl (C=O) groups excluding carboxylic acids is 1. The van der Waals surface area contributed by atoms with Crippen molar-refractivity contribution >= 4 is 11.6 Å². The Morgan fingerprint density at radius 2 is 1.91 bits per heavy atom. The van der Waals surface area contributed by atoms with Crippen LogP contribution in [-0.4, -0.2) is 19.1 Å². The molecule has 0 aliphatic heterocycles. The zero-order chi connectivity index (χ0) is 15.8. The van der Waals surface area contributed by atoms with E-state index in [1.807, 2.05) is 30.3 Å². The summed E-state index contributed by atoms with van der Waals surface area (Å²) in [7, 11) is 1.57. The van der Waals surface area contributed by atoms with Gasteiger partial charge in [-0.2, -0.15) is 0 Å². The molecule has 0 spiro atoms.